The highest BCUT2D eigenvalue weighted by molar-refractivity contribution is 5.95. The van der Waals surface area contributed by atoms with Crippen molar-refractivity contribution in [2.24, 2.45) is 0 Å². The molecule has 6 aromatic rings. The Kier molecular flexibility index (Phi) is 6.86. The molecule has 1 fully saturated rings. The van der Waals surface area contributed by atoms with Crippen LogP contribution >= 0.6 is 0 Å². The maximum atomic E-state index is 13.3. The molecular weight excluding hydrogens is 606 g/mol. The average Bonchev–Trinajstić information content (AvgIpc) is 3.72. The Morgan fingerprint density at radius 3 is 2.39 bits per heavy atom. The summed E-state index contributed by atoms with van der Waals surface area (Å²) in [5.41, 5.74) is 17.8. The predicted molar refractivity (Wildman–Crippen MR) is 193 cm³/mol. The fourth-order valence-corrected chi connectivity index (χ4v) is 6.58. The molecule has 0 bridgehead atoms. The molecule has 8 nitrogen and oxygen atoms in total. The van der Waals surface area contributed by atoms with E-state index in [1.54, 1.807) is 12.4 Å². The van der Waals surface area contributed by atoms with Crippen molar-refractivity contribution in [1.82, 2.24) is 29.4 Å². The van der Waals surface area contributed by atoms with Gasteiger partial charge in [-0.25, -0.2) is 15.0 Å². The smallest absolute Gasteiger partial charge is 0.255 e. The zero-order valence-electron chi connectivity index (χ0n) is 26.6. The molecule has 1 aliphatic heterocycles. The van der Waals surface area contributed by atoms with Gasteiger partial charge in [0.15, 0.2) is 11.5 Å². The van der Waals surface area contributed by atoms with Crippen LogP contribution in [0.25, 0.3) is 45.1 Å². The number of nitrogens with zero attached hydrogens (tertiary/aromatic N) is 6. The zero-order valence-corrected chi connectivity index (χ0v) is 26.6. The number of aromatic nitrogens is 5. The molecular formula is C41H31N7O. The number of nitrogens with two attached hydrogens (primary N) is 1. The molecule has 4 aromatic heterocycles. The minimum atomic E-state index is 0.00751. The third-order valence-electron chi connectivity index (χ3n) is 9.43. The van der Waals surface area contributed by atoms with Crippen LogP contribution in [0.2, 0.25) is 0 Å². The second-order valence-electron chi connectivity index (χ2n) is 12.6. The molecule has 49 heavy (non-hydrogen) atoms. The van der Waals surface area contributed by atoms with E-state index >= 15 is 0 Å². The van der Waals surface area contributed by atoms with Gasteiger partial charge in [-0.3, -0.25) is 14.3 Å². The van der Waals surface area contributed by atoms with Crippen LogP contribution in [0.15, 0.2) is 145 Å². The highest BCUT2D eigenvalue weighted by atomic mass is 16.2. The number of rotatable bonds is 6. The number of pyridine rings is 3. The fraction of sp³-hybridized carbons (Fsp3) is 0.0976. The number of benzene rings is 2. The lowest BCUT2D eigenvalue weighted by molar-refractivity contribution is 0.0602. The molecule has 236 valence electrons. The Labute approximate surface area is 283 Å². The van der Waals surface area contributed by atoms with Gasteiger partial charge >= 0.3 is 0 Å². The lowest BCUT2D eigenvalue weighted by atomic mass is 9.90. The summed E-state index contributed by atoms with van der Waals surface area (Å²) in [4.78, 5) is 34.2. The van der Waals surface area contributed by atoms with Crippen LogP contribution in [0.3, 0.4) is 0 Å². The number of nitrogen functional groups attached to an aromatic ring is 1. The number of fused-ring (bicyclic) bond motifs is 1. The van der Waals surface area contributed by atoms with Crippen LogP contribution in [0.5, 0.6) is 0 Å². The first-order valence-corrected chi connectivity index (χ1v) is 16.4. The molecule has 2 aliphatic carbocycles. The van der Waals surface area contributed by atoms with Crippen LogP contribution in [0.4, 0.5) is 5.82 Å². The second kappa shape index (κ2) is 11.7. The molecule has 0 spiro atoms. The van der Waals surface area contributed by atoms with Crippen molar-refractivity contribution >= 4 is 28.5 Å². The first kappa shape index (κ1) is 28.8. The van der Waals surface area contributed by atoms with E-state index in [1.807, 2.05) is 70.1 Å². The summed E-state index contributed by atoms with van der Waals surface area (Å²) in [5, 5.41) is 0. The summed E-state index contributed by atoms with van der Waals surface area (Å²) in [6.07, 6.45) is 14.9. The lowest BCUT2D eigenvalue weighted by Crippen LogP contribution is -2.48. The van der Waals surface area contributed by atoms with E-state index in [4.69, 9.17) is 15.7 Å². The van der Waals surface area contributed by atoms with E-state index in [9.17, 15) is 4.79 Å². The van der Waals surface area contributed by atoms with E-state index in [-0.39, 0.29) is 11.8 Å². The number of carbonyl (C=O) groups is 1. The zero-order chi connectivity index (χ0) is 32.9. The van der Waals surface area contributed by atoms with Crippen LogP contribution in [0.1, 0.15) is 34.0 Å². The van der Waals surface area contributed by atoms with Crippen molar-refractivity contribution in [2.45, 2.75) is 12.3 Å². The minimum absolute atomic E-state index is 0.00751. The van der Waals surface area contributed by atoms with E-state index in [2.05, 4.69) is 70.7 Å². The monoisotopic (exact) mass is 637 g/mol. The molecule has 1 saturated heterocycles. The summed E-state index contributed by atoms with van der Waals surface area (Å²) in [6, 6.07) is 30.2. The quantitative estimate of drug-likeness (QED) is 0.202. The Morgan fingerprint density at radius 2 is 1.59 bits per heavy atom. The van der Waals surface area contributed by atoms with Gasteiger partial charge in [-0.05, 0) is 77.7 Å². The number of likely N-dealkylation sites (tertiary alicyclic amines) is 1. The van der Waals surface area contributed by atoms with E-state index in [0.717, 1.165) is 51.4 Å². The lowest BCUT2D eigenvalue weighted by Gasteiger charge is -2.39. The van der Waals surface area contributed by atoms with Gasteiger partial charge < -0.3 is 10.6 Å². The standard InChI is InChI=1S/C41H31N7O/c42-38-34(11-6-20-43-38)39-46-37-19-18-36(27-7-2-1-3-8-27)45-40(37)48(39)33-15-12-26(13-16-33)32-24-47(25-32)41(49)30-14-17-35(44-23-30)29-10-5-4-9-28-21-31(28)22-29/h1-20,22-23,32H,21,24-25H2,(H2,42,43)/b5-4?,9-4+,10-5-,28-9?,29-10?,29-22+,31-22?. The molecule has 0 unspecified atom stereocenters. The van der Waals surface area contributed by atoms with Gasteiger partial charge in [0.25, 0.3) is 5.91 Å². The Hall–Kier alpha value is -6.41. The van der Waals surface area contributed by atoms with E-state index in [0.29, 0.717) is 30.3 Å². The average molecular weight is 638 g/mol. The number of amides is 1. The van der Waals surface area contributed by atoms with E-state index in [1.165, 1.54) is 16.7 Å². The summed E-state index contributed by atoms with van der Waals surface area (Å²) in [7, 11) is 0. The van der Waals surface area contributed by atoms with Crippen molar-refractivity contribution in [1.29, 1.82) is 0 Å². The molecule has 8 heteroatoms. The normalized spacial score (nSPS) is 17.8. The molecule has 1 amide bonds. The fourth-order valence-electron chi connectivity index (χ4n) is 6.58. The summed E-state index contributed by atoms with van der Waals surface area (Å²) in [5.74, 6) is 1.34. The maximum Gasteiger partial charge on any atom is 0.255 e. The Balaban J connectivity index is 0.954. The van der Waals surface area contributed by atoms with Gasteiger partial charge in [-0.15, -0.1) is 0 Å². The van der Waals surface area contributed by atoms with Gasteiger partial charge in [-0.2, -0.15) is 0 Å². The van der Waals surface area contributed by atoms with Crippen LogP contribution in [-0.4, -0.2) is 48.4 Å². The molecule has 9 rings (SSSR count). The number of hydrogen-bond acceptors (Lipinski definition) is 6. The summed E-state index contributed by atoms with van der Waals surface area (Å²) in [6.45, 7) is 1.31. The van der Waals surface area contributed by atoms with Crippen LogP contribution in [-0.2, 0) is 0 Å². The van der Waals surface area contributed by atoms with Crippen molar-refractivity contribution in [3.05, 3.63) is 162 Å². The summed E-state index contributed by atoms with van der Waals surface area (Å²) < 4.78 is 2.05. The number of imidazole rings is 1. The van der Waals surface area contributed by atoms with Crippen molar-refractivity contribution in [3.8, 4) is 28.3 Å². The van der Waals surface area contributed by atoms with Gasteiger partial charge in [0, 0.05) is 48.2 Å². The summed E-state index contributed by atoms with van der Waals surface area (Å²) >= 11 is 0. The van der Waals surface area contributed by atoms with Crippen LogP contribution in [0, 0.1) is 0 Å². The third kappa shape index (κ3) is 5.33. The molecule has 5 heterocycles. The molecule has 0 radical (unpaired) electrons. The Morgan fingerprint density at radius 1 is 0.776 bits per heavy atom. The van der Waals surface area contributed by atoms with Gasteiger partial charge in [0.05, 0.1) is 22.5 Å². The SMILES string of the molecule is Nc1ncccc1-c1nc2ccc(-c3ccccc3)nc2n1-c1ccc(C2CN(C(=O)c3ccc(C4=C/C5=C(/C=C/C=C\4)C5)nc3)C2)cc1. The second-order valence-corrected chi connectivity index (χ2v) is 12.6. The first-order chi connectivity index (χ1) is 24.1. The molecule has 3 aliphatic rings. The molecule has 2 aromatic carbocycles. The van der Waals surface area contributed by atoms with Gasteiger partial charge in [0.2, 0.25) is 0 Å². The number of hydrogen-bond donors (Lipinski definition) is 1. The Bertz CT molecular complexity index is 2380. The van der Waals surface area contributed by atoms with Gasteiger partial charge in [-0.1, -0.05) is 66.8 Å². The van der Waals surface area contributed by atoms with Gasteiger partial charge in [0.1, 0.15) is 11.3 Å². The highest BCUT2D eigenvalue weighted by Gasteiger charge is 2.32. The van der Waals surface area contributed by atoms with E-state index < -0.39 is 0 Å². The van der Waals surface area contributed by atoms with Crippen molar-refractivity contribution in [3.63, 3.8) is 0 Å². The van der Waals surface area contributed by atoms with Crippen molar-refractivity contribution < 1.29 is 4.79 Å². The molecule has 0 atom stereocenters. The first-order valence-electron chi connectivity index (χ1n) is 16.4. The number of allylic oxidation sites excluding steroid dienone is 8. The van der Waals surface area contributed by atoms with Crippen molar-refractivity contribution in [2.75, 3.05) is 18.8 Å². The maximum absolute atomic E-state index is 13.3. The number of anilines is 1. The topological polar surface area (TPSA) is 103 Å². The minimum Gasteiger partial charge on any atom is -0.383 e. The highest BCUT2D eigenvalue weighted by Crippen LogP contribution is 2.37. The third-order valence-corrected chi connectivity index (χ3v) is 9.43. The van der Waals surface area contributed by atoms with Crippen LogP contribution < -0.4 is 5.73 Å². The molecule has 2 N–H and O–H groups in total. The largest absolute Gasteiger partial charge is 0.383 e. The molecule has 0 saturated carbocycles. The number of carbonyl (C=O) groups excluding carboxylic acids is 1. The predicted octanol–water partition coefficient (Wildman–Crippen LogP) is 7.58.